The Balaban J connectivity index is 0.00000392. The predicted molar refractivity (Wildman–Crippen MR) is 115 cm³/mol. The Hall–Kier alpha value is -1.63. The summed E-state index contributed by atoms with van der Waals surface area (Å²) in [6, 6.07) is 3.06. The molecule has 0 spiro atoms. The van der Waals surface area contributed by atoms with Gasteiger partial charge in [0.15, 0.2) is 12.6 Å². The number of aliphatic imine (C=N–C) groups is 1. The van der Waals surface area contributed by atoms with Gasteiger partial charge in [0.25, 0.3) is 0 Å². The van der Waals surface area contributed by atoms with Gasteiger partial charge in [0.2, 0.25) is 5.88 Å². The maximum atomic E-state index is 12.1. The second-order valence-corrected chi connectivity index (χ2v) is 7.05. The summed E-state index contributed by atoms with van der Waals surface area (Å²) >= 11 is 1.69. The first kappa shape index (κ1) is 24.4. The molecule has 0 unspecified atom stereocenters. The Morgan fingerprint density at radius 3 is 2.54 bits per heavy atom. The van der Waals surface area contributed by atoms with E-state index in [1.807, 2.05) is 6.92 Å². The summed E-state index contributed by atoms with van der Waals surface area (Å²) in [5.74, 6) is 0.560. The van der Waals surface area contributed by atoms with E-state index < -0.39 is 12.8 Å². The molecule has 0 saturated heterocycles. The lowest BCUT2D eigenvalue weighted by atomic mass is 10.3. The number of thiazole rings is 1. The minimum Gasteiger partial charge on any atom is -0.468 e. The molecule has 0 amide bonds. The topological polar surface area (TPSA) is 71.4 Å². The van der Waals surface area contributed by atoms with Gasteiger partial charge in [-0.1, -0.05) is 6.07 Å². The molecule has 0 aliphatic heterocycles. The van der Waals surface area contributed by atoms with Gasteiger partial charge in [-0.05, 0) is 19.4 Å². The van der Waals surface area contributed by atoms with Gasteiger partial charge in [0, 0.05) is 43.7 Å². The van der Waals surface area contributed by atoms with Crippen molar-refractivity contribution in [2.24, 2.45) is 4.99 Å². The molecule has 6 nitrogen and oxygen atoms in total. The third-order valence-electron chi connectivity index (χ3n) is 3.57. The third-order valence-corrected chi connectivity index (χ3v) is 4.70. The van der Waals surface area contributed by atoms with Crippen LogP contribution in [0.15, 0.2) is 23.3 Å². The van der Waals surface area contributed by atoms with Crippen LogP contribution in [0.3, 0.4) is 0 Å². The van der Waals surface area contributed by atoms with Gasteiger partial charge in [0.1, 0.15) is 0 Å². The fraction of sp³-hybridized carbons (Fsp3) is 0.471. The molecule has 0 saturated carbocycles. The standard InChI is InChI=1S/C17H22F3N5OS.HI/c1-11-12(2)27-15(25-11)6-7-22-16(21-3)24-9-13-4-5-14(23-8-13)26-10-17(18,19)20;/h4-5,8H,6-7,9-10H2,1-3H3,(H2,21,22,24);1H. The first-order chi connectivity index (χ1) is 12.8. The highest BCUT2D eigenvalue weighted by Crippen LogP contribution is 2.17. The number of pyridine rings is 1. The SMILES string of the molecule is CN=C(NCCc1nc(C)c(C)s1)NCc1ccc(OCC(F)(F)F)nc1.I. The van der Waals surface area contributed by atoms with Crippen molar-refractivity contribution in [2.75, 3.05) is 20.2 Å². The van der Waals surface area contributed by atoms with Crippen molar-refractivity contribution in [1.29, 1.82) is 0 Å². The first-order valence-corrected chi connectivity index (χ1v) is 9.10. The molecule has 0 aromatic carbocycles. The molecule has 2 heterocycles. The van der Waals surface area contributed by atoms with E-state index in [2.05, 4.69) is 37.3 Å². The molecular formula is C17H23F3IN5OS. The lowest BCUT2D eigenvalue weighted by molar-refractivity contribution is -0.154. The lowest BCUT2D eigenvalue weighted by Crippen LogP contribution is -2.37. The molecule has 2 rings (SSSR count). The summed E-state index contributed by atoms with van der Waals surface area (Å²) in [7, 11) is 1.67. The van der Waals surface area contributed by atoms with Crippen LogP contribution in [0.1, 0.15) is 21.1 Å². The molecule has 28 heavy (non-hydrogen) atoms. The largest absolute Gasteiger partial charge is 0.468 e. The van der Waals surface area contributed by atoms with Crippen LogP contribution >= 0.6 is 35.3 Å². The second kappa shape index (κ2) is 11.4. The number of ether oxygens (including phenoxy) is 1. The van der Waals surface area contributed by atoms with E-state index in [-0.39, 0.29) is 29.9 Å². The third kappa shape index (κ3) is 8.59. The normalized spacial score (nSPS) is 11.7. The number of rotatable bonds is 7. The zero-order valence-electron chi connectivity index (χ0n) is 15.8. The van der Waals surface area contributed by atoms with E-state index >= 15 is 0 Å². The zero-order valence-corrected chi connectivity index (χ0v) is 18.9. The number of hydrogen-bond acceptors (Lipinski definition) is 5. The van der Waals surface area contributed by atoms with Crippen LogP contribution in [0.2, 0.25) is 0 Å². The minimum absolute atomic E-state index is 0. The van der Waals surface area contributed by atoms with Crippen molar-refractivity contribution in [3.8, 4) is 5.88 Å². The van der Waals surface area contributed by atoms with Crippen molar-refractivity contribution in [3.05, 3.63) is 39.5 Å². The summed E-state index contributed by atoms with van der Waals surface area (Å²) in [5.41, 5.74) is 1.86. The molecule has 11 heteroatoms. The van der Waals surface area contributed by atoms with Gasteiger partial charge in [-0.25, -0.2) is 9.97 Å². The highest BCUT2D eigenvalue weighted by atomic mass is 127. The molecule has 2 aromatic heterocycles. The fourth-order valence-electron chi connectivity index (χ4n) is 2.10. The Morgan fingerprint density at radius 2 is 2.00 bits per heavy atom. The summed E-state index contributed by atoms with van der Waals surface area (Å²) in [4.78, 5) is 13.7. The summed E-state index contributed by atoms with van der Waals surface area (Å²) in [5, 5.41) is 7.40. The molecule has 0 bridgehead atoms. The number of aryl methyl sites for hydroxylation is 2. The van der Waals surface area contributed by atoms with Gasteiger partial charge >= 0.3 is 6.18 Å². The minimum atomic E-state index is -4.38. The fourth-order valence-corrected chi connectivity index (χ4v) is 3.03. The lowest BCUT2D eigenvalue weighted by Gasteiger charge is -2.12. The van der Waals surface area contributed by atoms with Crippen molar-refractivity contribution < 1.29 is 17.9 Å². The van der Waals surface area contributed by atoms with Crippen LogP contribution in [0.4, 0.5) is 13.2 Å². The van der Waals surface area contributed by atoms with E-state index in [1.165, 1.54) is 17.1 Å². The van der Waals surface area contributed by atoms with Gasteiger partial charge in [-0.15, -0.1) is 35.3 Å². The second-order valence-electron chi connectivity index (χ2n) is 5.76. The van der Waals surface area contributed by atoms with Crippen molar-refractivity contribution in [3.63, 3.8) is 0 Å². The van der Waals surface area contributed by atoms with Gasteiger partial charge < -0.3 is 15.4 Å². The molecule has 156 valence electrons. The van der Waals surface area contributed by atoms with Crippen molar-refractivity contribution in [2.45, 2.75) is 33.0 Å². The van der Waals surface area contributed by atoms with Crippen LogP contribution in [0.5, 0.6) is 5.88 Å². The summed E-state index contributed by atoms with van der Waals surface area (Å²) in [6.07, 6.45) is -2.12. The number of nitrogens with zero attached hydrogens (tertiary/aromatic N) is 3. The van der Waals surface area contributed by atoms with Crippen LogP contribution in [-0.2, 0) is 13.0 Å². The average molecular weight is 529 g/mol. The predicted octanol–water partition coefficient (Wildman–Crippen LogP) is 3.62. The van der Waals surface area contributed by atoms with E-state index in [0.29, 0.717) is 19.0 Å². The average Bonchev–Trinajstić information content (AvgIpc) is 2.94. The highest BCUT2D eigenvalue weighted by molar-refractivity contribution is 14.0. The Labute approximate surface area is 183 Å². The molecule has 2 N–H and O–H groups in total. The highest BCUT2D eigenvalue weighted by Gasteiger charge is 2.28. The molecule has 0 atom stereocenters. The van der Waals surface area contributed by atoms with Crippen LogP contribution in [0, 0.1) is 13.8 Å². The number of alkyl halides is 3. The van der Waals surface area contributed by atoms with Gasteiger partial charge in [-0.2, -0.15) is 13.2 Å². The molecule has 0 aliphatic carbocycles. The Morgan fingerprint density at radius 1 is 1.25 bits per heavy atom. The summed E-state index contributed by atoms with van der Waals surface area (Å²) in [6.45, 7) is 3.82. The van der Waals surface area contributed by atoms with E-state index in [9.17, 15) is 13.2 Å². The number of halogens is 4. The van der Waals surface area contributed by atoms with Crippen molar-refractivity contribution >= 4 is 41.3 Å². The molecule has 0 fully saturated rings. The molecule has 0 aliphatic rings. The number of nitrogens with one attached hydrogen (secondary N) is 2. The van der Waals surface area contributed by atoms with Crippen LogP contribution < -0.4 is 15.4 Å². The maximum absolute atomic E-state index is 12.1. The Kier molecular flexibility index (Phi) is 9.93. The maximum Gasteiger partial charge on any atom is 0.422 e. The number of guanidine groups is 1. The van der Waals surface area contributed by atoms with Gasteiger partial charge in [-0.3, -0.25) is 4.99 Å². The number of aromatic nitrogens is 2. The zero-order chi connectivity index (χ0) is 19.9. The Bertz CT molecular complexity index is 746. The first-order valence-electron chi connectivity index (χ1n) is 8.28. The molecule has 2 aromatic rings. The van der Waals surface area contributed by atoms with Crippen molar-refractivity contribution in [1.82, 2.24) is 20.6 Å². The molecular weight excluding hydrogens is 506 g/mol. The monoisotopic (exact) mass is 529 g/mol. The van der Waals surface area contributed by atoms with E-state index in [4.69, 9.17) is 0 Å². The van der Waals surface area contributed by atoms with E-state index in [0.717, 1.165) is 22.7 Å². The van der Waals surface area contributed by atoms with E-state index in [1.54, 1.807) is 24.5 Å². The van der Waals surface area contributed by atoms with Crippen LogP contribution in [0.25, 0.3) is 0 Å². The van der Waals surface area contributed by atoms with Gasteiger partial charge in [0.05, 0.1) is 10.7 Å². The number of hydrogen-bond donors (Lipinski definition) is 2. The van der Waals surface area contributed by atoms with Crippen LogP contribution in [-0.4, -0.2) is 42.3 Å². The summed E-state index contributed by atoms with van der Waals surface area (Å²) < 4.78 is 40.9. The molecule has 0 radical (unpaired) electrons. The quantitative estimate of drug-likeness (QED) is 0.326. The smallest absolute Gasteiger partial charge is 0.422 e.